The number of halogens is 2. The van der Waals surface area contributed by atoms with Gasteiger partial charge in [-0.3, -0.25) is 4.79 Å². The van der Waals surface area contributed by atoms with Gasteiger partial charge in [0.05, 0.1) is 29.8 Å². The molecule has 3 aromatic rings. The fourth-order valence-corrected chi connectivity index (χ4v) is 3.40. The molecule has 1 aliphatic heterocycles. The highest BCUT2D eigenvalue weighted by atomic mass is 19.1. The minimum Gasteiger partial charge on any atom is -0.340 e. The number of nitrogens with zero attached hydrogens (tertiary/aromatic N) is 3. The van der Waals surface area contributed by atoms with E-state index in [2.05, 4.69) is 9.55 Å². The molecule has 0 spiro atoms. The molecule has 0 unspecified atom stereocenters. The molecule has 1 saturated heterocycles. The molecule has 2 aromatic carbocycles. The molecule has 1 fully saturated rings. The molecule has 25 heavy (non-hydrogen) atoms. The highest BCUT2D eigenvalue weighted by Gasteiger charge is 2.28. The summed E-state index contributed by atoms with van der Waals surface area (Å²) in [5, 5.41) is 0. The van der Waals surface area contributed by atoms with E-state index in [9.17, 15) is 13.6 Å². The van der Waals surface area contributed by atoms with Gasteiger partial charge >= 0.3 is 0 Å². The van der Waals surface area contributed by atoms with Crippen LogP contribution in [0, 0.1) is 11.6 Å². The predicted molar refractivity (Wildman–Crippen MR) is 90.0 cm³/mol. The number of carbonyl (C=O) groups excluding carboxylic acids is 1. The molecule has 4 nitrogen and oxygen atoms in total. The van der Waals surface area contributed by atoms with Crippen molar-refractivity contribution in [2.24, 2.45) is 0 Å². The highest BCUT2D eigenvalue weighted by molar-refractivity contribution is 5.79. The number of para-hydroxylation sites is 2. The molecule has 0 aliphatic carbocycles. The van der Waals surface area contributed by atoms with E-state index in [1.165, 1.54) is 12.1 Å². The van der Waals surface area contributed by atoms with Crippen molar-refractivity contribution in [2.75, 3.05) is 13.1 Å². The van der Waals surface area contributed by atoms with Gasteiger partial charge in [0.1, 0.15) is 11.6 Å². The molecular formula is C19H17F2N3O. The van der Waals surface area contributed by atoms with Crippen molar-refractivity contribution in [1.29, 1.82) is 0 Å². The van der Waals surface area contributed by atoms with Crippen LogP contribution in [0.4, 0.5) is 8.78 Å². The summed E-state index contributed by atoms with van der Waals surface area (Å²) in [6.45, 7) is 1.20. The molecule has 4 rings (SSSR count). The van der Waals surface area contributed by atoms with E-state index in [4.69, 9.17) is 0 Å². The quantitative estimate of drug-likeness (QED) is 0.733. The lowest BCUT2D eigenvalue weighted by atomic mass is 10.1. The Morgan fingerprint density at radius 1 is 1.20 bits per heavy atom. The number of hydrogen-bond donors (Lipinski definition) is 0. The first-order valence-electron chi connectivity index (χ1n) is 8.25. The van der Waals surface area contributed by atoms with Crippen LogP contribution >= 0.6 is 0 Å². The third kappa shape index (κ3) is 2.99. The summed E-state index contributed by atoms with van der Waals surface area (Å²) in [5.41, 5.74) is 2.20. The number of carbonyl (C=O) groups is 1. The van der Waals surface area contributed by atoms with Crippen LogP contribution in [0.3, 0.4) is 0 Å². The molecule has 1 aliphatic rings. The summed E-state index contributed by atoms with van der Waals surface area (Å²) in [5.74, 6) is -1.45. The topological polar surface area (TPSA) is 38.1 Å². The Morgan fingerprint density at radius 2 is 2.04 bits per heavy atom. The van der Waals surface area contributed by atoms with Gasteiger partial charge in [0, 0.05) is 19.2 Å². The predicted octanol–water partition coefficient (Wildman–Crippen LogP) is 3.33. The van der Waals surface area contributed by atoms with E-state index in [-0.39, 0.29) is 23.9 Å². The molecule has 6 heteroatoms. The Labute approximate surface area is 143 Å². The van der Waals surface area contributed by atoms with Gasteiger partial charge in [-0.1, -0.05) is 18.2 Å². The summed E-state index contributed by atoms with van der Waals surface area (Å²) in [6.07, 6.45) is 2.59. The van der Waals surface area contributed by atoms with E-state index in [0.29, 0.717) is 13.1 Å². The van der Waals surface area contributed by atoms with Crippen LogP contribution in [-0.4, -0.2) is 33.4 Å². The van der Waals surface area contributed by atoms with Crippen LogP contribution in [0.1, 0.15) is 18.0 Å². The third-order valence-electron chi connectivity index (χ3n) is 4.75. The van der Waals surface area contributed by atoms with Gasteiger partial charge < -0.3 is 9.47 Å². The number of rotatable bonds is 3. The number of aromatic nitrogens is 2. The number of amides is 1. The van der Waals surface area contributed by atoms with Crippen molar-refractivity contribution in [3.63, 3.8) is 0 Å². The Bertz CT molecular complexity index is 937. The highest BCUT2D eigenvalue weighted by Crippen LogP contribution is 2.26. The average Bonchev–Trinajstić information content (AvgIpc) is 3.23. The molecular weight excluding hydrogens is 324 g/mol. The SMILES string of the molecule is O=C(Cc1ccc(F)cc1F)N1CC[C@@H](n2cnc3ccccc32)C1. The van der Waals surface area contributed by atoms with Crippen molar-refractivity contribution in [2.45, 2.75) is 18.9 Å². The Kier molecular flexibility index (Phi) is 3.95. The molecule has 2 heterocycles. The van der Waals surface area contributed by atoms with Crippen molar-refractivity contribution in [3.8, 4) is 0 Å². The lowest BCUT2D eigenvalue weighted by molar-refractivity contribution is -0.129. The van der Waals surface area contributed by atoms with Gasteiger partial charge in [0.25, 0.3) is 0 Å². The summed E-state index contributed by atoms with van der Waals surface area (Å²) < 4.78 is 28.8. The van der Waals surface area contributed by atoms with Gasteiger partial charge in [0.15, 0.2) is 0 Å². The van der Waals surface area contributed by atoms with E-state index >= 15 is 0 Å². The first kappa shape index (κ1) is 15.7. The van der Waals surface area contributed by atoms with E-state index in [0.717, 1.165) is 23.5 Å². The molecule has 1 aromatic heterocycles. The van der Waals surface area contributed by atoms with Crippen molar-refractivity contribution in [1.82, 2.24) is 14.5 Å². The average molecular weight is 341 g/mol. The van der Waals surface area contributed by atoms with Crippen LogP contribution in [-0.2, 0) is 11.2 Å². The van der Waals surface area contributed by atoms with Crippen LogP contribution in [0.15, 0.2) is 48.8 Å². The molecule has 128 valence electrons. The smallest absolute Gasteiger partial charge is 0.227 e. The lowest BCUT2D eigenvalue weighted by Gasteiger charge is -2.18. The van der Waals surface area contributed by atoms with E-state index in [1.54, 1.807) is 4.90 Å². The van der Waals surface area contributed by atoms with Crippen LogP contribution in [0.25, 0.3) is 11.0 Å². The van der Waals surface area contributed by atoms with Crippen molar-refractivity contribution >= 4 is 16.9 Å². The van der Waals surface area contributed by atoms with Gasteiger partial charge in [0.2, 0.25) is 5.91 Å². The van der Waals surface area contributed by atoms with Gasteiger partial charge in [-0.25, -0.2) is 13.8 Å². The normalized spacial score (nSPS) is 17.4. The fraction of sp³-hybridized carbons (Fsp3) is 0.263. The fourth-order valence-electron chi connectivity index (χ4n) is 3.40. The lowest BCUT2D eigenvalue weighted by Crippen LogP contribution is -2.30. The zero-order valence-corrected chi connectivity index (χ0v) is 13.5. The molecule has 0 N–H and O–H groups in total. The molecule has 0 saturated carbocycles. The number of likely N-dealkylation sites (tertiary alicyclic amines) is 1. The third-order valence-corrected chi connectivity index (χ3v) is 4.75. The monoisotopic (exact) mass is 341 g/mol. The number of fused-ring (bicyclic) bond motifs is 1. The molecule has 0 radical (unpaired) electrons. The summed E-state index contributed by atoms with van der Waals surface area (Å²) in [6, 6.07) is 11.4. The van der Waals surface area contributed by atoms with Crippen LogP contribution in [0.5, 0.6) is 0 Å². The Balaban J connectivity index is 1.47. The second-order valence-electron chi connectivity index (χ2n) is 6.34. The second kappa shape index (κ2) is 6.27. The first-order valence-corrected chi connectivity index (χ1v) is 8.25. The molecule has 1 amide bonds. The maximum absolute atomic E-state index is 13.7. The standard InChI is InChI=1S/C19H17F2N3O/c20-14-6-5-13(16(21)10-14)9-19(25)23-8-7-15(11-23)24-12-22-17-3-1-2-4-18(17)24/h1-6,10,12,15H,7-9,11H2/t15-/m1/s1. The number of hydrogen-bond acceptors (Lipinski definition) is 2. The zero-order valence-electron chi connectivity index (χ0n) is 13.5. The first-order chi connectivity index (χ1) is 12.1. The van der Waals surface area contributed by atoms with E-state index in [1.807, 2.05) is 30.6 Å². The molecule has 0 bridgehead atoms. The largest absolute Gasteiger partial charge is 0.340 e. The number of benzene rings is 2. The summed E-state index contributed by atoms with van der Waals surface area (Å²) in [7, 11) is 0. The van der Waals surface area contributed by atoms with Gasteiger partial charge in [-0.15, -0.1) is 0 Å². The van der Waals surface area contributed by atoms with Crippen LogP contribution in [0.2, 0.25) is 0 Å². The maximum atomic E-state index is 13.7. The summed E-state index contributed by atoms with van der Waals surface area (Å²) in [4.78, 5) is 18.6. The van der Waals surface area contributed by atoms with Gasteiger partial charge in [-0.2, -0.15) is 0 Å². The number of imidazole rings is 1. The van der Waals surface area contributed by atoms with Crippen LogP contribution < -0.4 is 0 Å². The Hall–Kier alpha value is -2.76. The zero-order chi connectivity index (χ0) is 17.4. The summed E-state index contributed by atoms with van der Waals surface area (Å²) >= 11 is 0. The molecule has 1 atom stereocenters. The maximum Gasteiger partial charge on any atom is 0.227 e. The van der Waals surface area contributed by atoms with E-state index < -0.39 is 11.6 Å². The van der Waals surface area contributed by atoms with Crippen molar-refractivity contribution in [3.05, 3.63) is 66.0 Å². The second-order valence-corrected chi connectivity index (χ2v) is 6.34. The minimum absolute atomic E-state index is 0.0521. The Morgan fingerprint density at radius 3 is 2.88 bits per heavy atom. The van der Waals surface area contributed by atoms with Gasteiger partial charge in [-0.05, 0) is 30.2 Å². The van der Waals surface area contributed by atoms with Crippen molar-refractivity contribution < 1.29 is 13.6 Å². The minimum atomic E-state index is -0.676.